The van der Waals surface area contributed by atoms with E-state index in [0.717, 1.165) is 16.9 Å². The molecule has 0 radical (unpaired) electrons. The van der Waals surface area contributed by atoms with Crippen LogP contribution in [0.15, 0.2) is 53.3 Å². The Balaban J connectivity index is 1.27. The minimum atomic E-state index is -0.103. The molecule has 2 aromatic heterocycles. The first-order valence-electron chi connectivity index (χ1n) is 8.62. The maximum Gasteiger partial charge on any atom is 0.317 e. The SMILES string of the molecule is COc1ccc(CNC(=O)N2CC(c3nc(-c4cccnc4)no3)C2)cc1. The topological polar surface area (TPSA) is 93.4 Å². The quantitative estimate of drug-likeness (QED) is 0.746. The standard InChI is InChI=1S/C19H19N5O3/c1-26-16-6-4-13(5-7-16)9-21-19(25)24-11-15(12-24)18-22-17(23-27-18)14-3-2-8-20-10-14/h2-8,10,15H,9,11-12H2,1H3,(H,21,25). The summed E-state index contributed by atoms with van der Waals surface area (Å²) in [6.45, 7) is 1.59. The van der Waals surface area contributed by atoms with Gasteiger partial charge in [-0.3, -0.25) is 4.98 Å². The van der Waals surface area contributed by atoms with Crippen molar-refractivity contribution < 1.29 is 14.1 Å². The maximum absolute atomic E-state index is 12.2. The first kappa shape index (κ1) is 17.0. The lowest BCUT2D eigenvalue weighted by Gasteiger charge is -2.36. The largest absolute Gasteiger partial charge is 0.497 e. The van der Waals surface area contributed by atoms with Crippen LogP contribution in [0.4, 0.5) is 4.79 Å². The highest BCUT2D eigenvalue weighted by atomic mass is 16.5. The molecule has 3 aromatic rings. The van der Waals surface area contributed by atoms with Crippen molar-refractivity contribution in [1.82, 2.24) is 25.3 Å². The second-order valence-corrected chi connectivity index (χ2v) is 6.31. The van der Waals surface area contributed by atoms with Crippen molar-refractivity contribution in [3.8, 4) is 17.1 Å². The number of hydrogen-bond acceptors (Lipinski definition) is 6. The van der Waals surface area contributed by atoms with Gasteiger partial charge in [-0.05, 0) is 29.8 Å². The first-order chi connectivity index (χ1) is 13.2. The number of pyridine rings is 1. The molecule has 138 valence electrons. The summed E-state index contributed by atoms with van der Waals surface area (Å²) in [5.41, 5.74) is 1.82. The molecule has 2 amide bonds. The number of carbonyl (C=O) groups excluding carboxylic acids is 1. The molecule has 8 nitrogen and oxygen atoms in total. The maximum atomic E-state index is 12.2. The second kappa shape index (κ2) is 7.45. The average Bonchev–Trinajstić information content (AvgIpc) is 3.16. The Morgan fingerprint density at radius 2 is 2.11 bits per heavy atom. The molecule has 27 heavy (non-hydrogen) atoms. The van der Waals surface area contributed by atoms with Crippen LogP contribution in [0.1, 0.15) is 17.4 Å². The third kappa shape index (κ3) is 3.74. The van der Waals surface area contributed by atoms with Gasteiger partial charge in [-0.15, -0.1) is 0 Å². The highest BCUT2D eigenvalue weighted by Crippen LogP contribution is 2.27. The van der Waals surface area contributed by atoms with E-state index in [1.54, 1.807) is 24.4 Å². The van der Waals surface area contributed by atoms with Gasteiger partial charge in [0.05, 0.1) is 13.0 Å². The molecule has 0 saturated carbocycles. The third-order valence-electron chi connectivity index (χ3n) is 4.48. The van der Waals surface area contributed by atoms with Gasteiger partial charge in [0.2, 0.25) is 11.7 Å². The van der Waals surface area contributed by atoms with Crippen LogP contribution in [-0.2, 0) is 6.54 Å². The van der Waals surface area contributed by atoms with Crippen LogP contribution in [0, 0.1) is 0 Å². The van der Waals surface area contributed by atoms with Gasteiger partial charge in [-0.25, -0.2) is 4.79 Å². The van der Waals surface area contributed by atoms with Crippen LogP contribution in [0.3, 0.4) is 0 Å². The number of aromatic nitrogens is 3. The molecular formula is C19H19N5O3. The number of nitrogens with one attached hydrogen (secondary N) is 1. The fourth-order valence-corrected chi connectivity index (χ4v) is 2.85. The second-order valence-electron chi connectivity index (χ2n) is 6.31. The Bertz CT molecular complexity index is 905. The van der Waals surface area contributed by atoms with E-state index in [2.05, 4.69) is 20.4 Å². The molecule has 0 spiro atoms. The summed E-state index contributed by atoms with van der Waals surface area (Å²) in [7, 11) is 1.63. The van der Waals surface area contributed by atoms with E-state index in [4.69, 9.17) is 9.26 Å². The number of hydrogen-bond donors (Lipinski definition) is 1. The summed E-state index contributed by atoms with van der Waals surface area (Å²) < 4.78 is 10.5. The zero-order valence-electron chi connectivity index (χ0n) is 14.8. The molecule has 4 rings (SSSR count). The highest BCUT2D eigenvalue weighted by Gasteiger charge is 2.35. The van der Waals surface area contributed by atoms with Gasteiger partial charge in [0.25, 0.3) is 0 Å². The van der Waals surface area contributed by atoms with E-state index in [1.807, 2.05) is 36.4 Å². The van der Waals surface area contributed by atoms with Gasteiger partial charge in [0.1, 0.15) is 5.75 Å². The number of amides is 2. The predicted molar refractivity (Wildman–Crippen MR) is 97.1 cm³/mol. The van der Waals surface area contributed by atoms with Gasteiger partial charge in [-0.1, -0.05) is 17.3 Å². The molecule has 1 aliphatic rings. The summed E-state index contributed by atoms with van der Waals surface area (Å²) in [5.74, 6) is 1.92. The Kier molecular flexibility index (Phi) is 4.69. The summed E-state index contributed by atoms with van der Waals surface area (Å²) >= 11 is 0. The van der Waals surface area contributed by atoms with E-state index < -0.39 is 0 Å². The zero-order valence-corrected chi connectivity index (χ0v) is 14.8. The molecule has 1 saturated heterocycles. The molecule has 0 aliphatic carbocycles. The van der Waals surface area contributed by atoms with E-state index in [1.165, 1.54) is 0 Å². The molecule has 0 bridgehead atoms. The lowest BCUT2D eigenvalue weighted by Crippen LogP contribution is -2.52. The molecule has 1 N–H and O–H groups in total. The molecule has 1 fully saturated rings. The zero-order chi connectivity index (χ0) is 18.6. The fraction of sp³-hybridized carbons (Fsp3) is 0.263. The molecule has 0 atom stereocenters. The number of likely N-dealkylation sites (tertiary alicyclic amines) is 1. The van der Waals surface area contributed by atoms with Crippen molar-refractivity contribution in [3.05, 3.63) is 60.2 Å². The Morgan fingerprint density at radius 1 is 1.30 bits per heavy atom. The summed E-state index contributed by atoms with van der Waals surface area (Å²) in [4.78, 5) is 22.4. The Morgan fingerprint density at radius 3 is 2.81 bits per heavy atom. The molecular weight excluding hydrogens is 346 g/mol. The summed E-state index contributed by atoms with van der Waals surface area (Å²) in [6.07, 6.45) is 3.38. The fourth-order valence-electron chi connectivity index (χ4n) is 2.85. The number of methoxy groups -OCH3 is 1. The van der Waals surface area contributed by atoms with Crippen molar-refractivity contribution >= 4 is 6.03 Å². The molecule has 1 aromatic carbocycles. The van der Waals surface area contributed by atoms with E-state index in [0.29, 0.717) is 31.3 Å². The number of rotatable bonds is 5. The first-order valence-corrected chi connectivity index (χ1v) is 8.62. The summed E-state index contributed by atoms with van der Waals surface area (Å²) in [6, 6.07) is 11.2. The lowest BCUT2D eigenvalue weighted by molar-refractivity contribution is 0.136. The van der Waals surface area contributed by atoms with Crippen molar-refractivity contribution in [3.63, 3.8) is 0 Å². The van der Waals surface area contributed by atoms with E-state index in [-0.39, 0.29) is 11.9 Å². The van der Waals surface area contributed by atoms with Crippen molar-refractivity contribution in [2.75, 3.05) is 20.2 Å². The van der Waals surface area contributed by atoms with Gasteiger partial charge in [0.15, 0.2) is 0 Å². The van der Waals surface area contributed by atoms with Crippen LogP contribution in [-0.4, -0.2) is 46.3 Å². The van der Waals surface area contributed by atoms with Gasteiger partial charge < -0.3 is 19.5 Å². The van der Waals surface area contributed by atoms with E-state index in [9.17, 15) is 4.79 Å². The van der Waals surface area contributed by atoms with Crippen molar-refractivity contribution in [2.24, 2.45) is 0 Å². The summed E-state index contributed by atoms with van der Waals surface area (Å²) in [5, 5.41) is 6.91. The van der Waals surface area contributed by atoms with Crippen LogP contribution < -0.4 is 10.1 Å². The monoisotopic (exact) mass is 365 g/mol. The van der Waals surface area contributed by atoms with E-state index >= 15 is 0 Å². The minimum Gasteiger partial charge on any atom is -0.497 e. The number of nitrogens with zero attached hydrogens (tertiary/aromatic N) is 4. The Hall–Kier alpha value is -3.42. The van der Waals surface area contributed by atoms with Crippen LogP contribution in [0.5, 0.6) is 5.75 Å². The molecule has 3 heterocycles. The van der Waals surface area contributed by atoms with Gasteiger partial charge in [-0.2, -0.15) is 4.98 Å². The predicted octanol–water partition coefficient (Wildman–Crippen LogP) is 2.45. The number of carbonyl (C=O) groups is 1. The third-order valence-corrected chi connectivity index (χ3v) is 4.48. The minimum absolute atomic E-state index is 0.0645. The highest BCUT2D eigenvalue weighted by molar-refractivity contribution is 5.75. The molecule has 1 aliphatic heterocycles. The molecule has 0 unspecified atom stereocenters. The normalized spacial score (nSPS) is 13.9. The van der Waals surface area contributed by atoms with Crippen molar-refractivity contribution in [1.29, 1.82) is 0 Å². The van der Waals surface area contributed by atoms with Crippen LogP contribution in [0.2, 0.25) is 0 Å². The van der Waals surface area contributed by atoms with Gasteiger partial charge >= 0.3 is 6.03 Å². The van der Waals surface area contributed by atoms with Crippen LogP contribution in [0.25, 0.3) is 11.4 Å². The lowest BCUT2D eigenvalue weighted by atomic mass is 10.0. The van der Waals surface area contributed by atoms with Crippen LogP contribution >= 0.6 is 0 Å². The number of urea groups is 1. The number of ether oxygens (including phenoxy) is 1. The molecule has 8 heteroatoms. The smallest absolute Gasteiger partial charge is 0.317 e. The van der Waals surface area contributed by atoms with Crippen molar-refractivity contribution in [2.45, 2.75) is 12.5 Å². The average molecular weight is 365 g/mol. The van der Waals surface area contributed by atoms with Gasteiger partial charge in [0, 0.05) is 37.6 Å². The Labute approximate surface area is 156 Å². The number of benzene rings is 1.